The number of rotatable bonds is 1. The molecule has 2 rings (SSSR count). The molecular formula is C13H15Ir. The second kappa shape index (κ2) is 4.25. The van der Waals surface area contributed by atoms with Gasteiger partial charge in [-0.2, -0.15) is 0 Å². The van der Waals surface area contributed by atoms with Gasteiger partial charge >= 0.3 is 90.5 Å². The fourth-order valence-electron chi connectivity index (χ4n) is 1.73. The minimum absolute atomic E-state index is 0.723. The first-order chi connectivity index (χ1) is 6.86. The molecule has 14 heavy (non-hydrogen) atoms. The van der Waals surface area contributed by atoms with Crippen molar-refractivity contribution in [1.29, 1.82) is 0 Å². The molecule has 0 nitrogen and oxygen atoms in total. The van der Waals surface area contributed by atoms with Gasteiger partial charge in [-0.25, -0.2) is 0 Å². The van der Waals surface area contributed by atoms with Crippen LogP contribution in [0.25, 0.3) is 6.08 Å². The van der Waals surface area contributed by atoms with E-state index in [0.29, 0.717) is 0 Å². The molecule has 0 bridgehead atoms. The number of hydrogen-bond acceptors (Lipinski definition) is 0. The van der Waals surface area contributed by atoms with Crippen molar-refractivity contribution in [1.82, 2.24) is 0 Å². The SMILES string of the molecule is C/[CH]=[Ir](=[CH]\C)\[CH]1C=Cc2ccccc21. The molecule has 0 N–H and O–H groups in total. The summed E-state index contributed by atoms with van der Waals surface area (Å²) in [5, 5.41) is 0. The van der Waals surface area contributed by atoms with E-state index in [-0.39, 0.29) is 0 Å². The van der Waals surface area contributed by atoms with Crippen molar-refractivity contribution in [3.05, 3.63) is 41.5 Å². The molecule has 0 amide bonds. The zero-order chi connectivity index (χ0) is 9.97. The van der Waals surface area contributed by atoms with Crippen LogP contribution in [0.5, 0.6) is 0 Å². The third kappa shape index (κ3) is 1.63. The third-order valence-corrected chi connectivity index (χ3v) is 8.52. The molecule has 0 spiro atoms. The van der Waals surface area contributed by atoms with Crippen LogP contribution < -0.4 is 0 Å². The fraction of sp³-hybridized carbons (Fsp3) is 0.231. The Morgan fingerprint density at radius 3 is 2.57 bits per heavy atom. The Morgan fingerprint density at radius 2 is 1.86 bits per heavy atom. The van der Waals surface area contributed by atoms with E-state index in [1.807, 2.05) is 0 Å². The topological polar surface area (TPSA) is 0 Å². The van der Waals surface area contributed by atoms with Crippen molar-refractivity contribution >= 4 is 15.1 Å². The van der Waals surface area contributed by atoms with E-state index in [1.165, 1.54) is 5.56 Å². The normalized spacial score (nSPS) is 22.7. The van der Waals surface area contributed by atoms with Gasteiger partial charge in [-0.15, -0.1) is 0 Å². The van der Waals surface area contributed by atoms with Gasteiger partial charge in [-0.3, -0.25) is 0 Å². The quantitative estimate of drug-likeness (QED) is 0.720. The molecule has 0 aliphatic heterocycles. The van der Waals surface area contributed by atoms with Crippen LogP contribution in [0, 0.1) is 0 Å². The summed E-state index contributed by atoms with van der Waals surface area (Å²) in [4.78, 5) is 0. The van der Waals surface area contributed by atoms with Gasteiger partial charge in [0.1, 0.15) is 0 Å². The first-order valence-corrected chi connectivity index (χ1v) is 8.95. The van der Waals surface area contributed by atoms with Crippen molar-refractivity contribution in [2.75, 3.05) is 0 Å². The number of benzene rings is 1. The Labute approximate surface area is 90.5 Å². The summed E-state index contributed by atoms with van der Waals surface area (Å²) in [5.41, 5.74) is 2.96. The molecule has 76 valence electrons. The maximum absolute atomic E-state index is 2.44. The molecule has 1 aromatic carbocycles. The van der Waals surface area contributed by atoms with Gasteiger partial charge in [0.25, 0.3) is 0 Å². The van der Waals surface area contributed by atoms with Gasteiger partial charge in [-0.05, 0) is 0 Å². The predicted octanol–water partition coefficient (Wildman–Crippen LogP) is 3.02. The van der Waals surface area contributed by atoms with Crippen LogP contribution in [0.3, 0.4) is 0 Å². The summed E-state index contributed by atoms with van der Waals surface area (Å²) < 4.78 is 5.61. The van der Waals surface area contributed by atoms with E-state index in [4.69, 9.17) is 0 Å². The first-order valence-electron chi connectivity index (χ1n) is 4.80. The minimum atomic E-state index is -1.10. The zero-order valence-corrected chi connectivity index (χ0v) is 10.9. The molecule has 0 fully saturated rings. The second-order valence-electron chi connectivity index (χ2n) is 3.08. The molecular weight excluding hydrogens is 348 g/mol. The molecule has 0 aromatic heterocycles. The Bertz CT molecular complexity index is 436. The van der Waals surface area contributed by atoms with Crippen molar-refractivity contribution in [2.45, 2.75) is 18.3 Å². The monoisotopic (exact) mass is 364 g/mol. The molecule has 1 atom stereocenters. The number of allylic oxidation sites excluding steroid dienone is 1. The summed E-state index contributed by atoms with van der Waals surface area (Å²) in [5.74, 6) is 0. The summed E-state index contributed by atoms with van der Waals surface area (Å²) in [6.45, 7) is 4.42. The average molecular weight is 363 g/mol. The summed E-state index contributed by atoms with van der Waals surface area (Å²) in [6.07, 6.45) is 4.67. The van der Waals surface area contributed by atoms with E-state index in [9.17, 15) is 0 Å². The molecule has 0 saturated carbocycles. The molecule has 1 aliphatic carbocycles. The van der Waals surface area contributed by atoms with Crippen LogP contribution in [-0.4, -0.2) is 9.05 Å². The van der Waals surface area contributed by atoms with E-state index in [2.05, 4.69) is 59.3 Å². The fourth-order valence-corrected chi connectivity index (χ4v) is 6.51. The molecule has 1 unspecified atom stereocenters. The Balaban J connectivity index is 2.50. The van der Waals surface area contributed by atoms with Crippen molar-refractivity contribution < 1.29 is 15.6 Å². The molecule has 0 heterocycles. The van der Waals surface area contributed by atoms with Crippen molar-refractivity contribution in [3.8, 4) is 0 Å². The Morgan fingerprint density at radius 1 is 1.14 bits per heavy atom. The standard InChI is InChI=1S/C9H7.2C2H4.Ir/c1-2-5-9-7-3-6-8(9)4-1;2*1-2;/h1-7H;2*1H,2H3;. The van der Waals surface area contributed by atoms with Gasteiger partial charge in [0.2, 0.25) is 0 Å². The first kappa shape index (κ1) is 9.89. The average Bonchev–Trinajstić information content (AvgIpc) is 2.65. The van der Waals surface area contributed by atoms with Crippen LogP contribution >= 0.6 is 0 Å². The van der Waals surface area contributed by atoms with Gasteiger partial charge < -0.3 is 0 Å². The zero-order valence-electron chi connectivity index (χ0n) is 8.53. The van der Waals surface area contributed by atoms with Gasteiger partial charge in [0.05, 0.1) is 0 Å². The Kier molecular flexibility index (Phi) is 3.00. The van der Waals surface area contributed by atoms with Gasteiger partial charge in [-0.1, -0.05) is 0 Å². The van der Waals surface area contributed by atoms with E-state index in [0.717, 1.165) is 4.43 Å². The van der Waals surface area contributed by atoms with E-state index >= 15 is 0 Å². The number of hydrogen-bond donors (Lipinski definition) is 0. The van der Waals surface area contributed by atoms with Crippen LogP contribution in [0.4, 0.5) is 0 Å². The predicted molar refractivity (Wildman–Crippen MR) is 61.7 cm³/mol. The van der Waals surface area contributed by atoms with E-state index in [1.54, 1.807) is 5.56 Å². The molecule has 0 radical (unpaired) electrons. The Hall–Kier alpha value is -0.651. The summed E-state index contributed by atoms with van der Waals surface area (Å²) in [7, 11) is 0. The van der Waals surface area contributed by atoms with Gasteiger partial charge in [0, 0.05) is 0 Å². The molecule has 1 heteroatoms. The summed E-state index contributed by atoms with van der Waals surface area (Å²) in [6, 6.07) is 8.77. The second-order valence-corrected chi connectivity index (χ2v) is 9.73. The van der Waals surface area contributed by atoms with Crippen molar-refractivity contribution in [2.24, 2.45) is 0 Å². The molecule has 1 aromatic rings. The third-order valence-electron chi connectivity index (χ3n) is 2.40. The summed E-state index contributed by atoms with van der Waals surface area (Å²) >= 11 is -1.10. The molecule has 0 saturated heterocycles. The van der Waals surface area contributed by atoms with Crippen LogP contribution in [0.15, 0.2) is 30.3 Å². The van der Waals surface area contributed by atoms with Crippen molar-refractivity contribution in [3.63, 3.8) is 0 Å². The molecule has 1 aliphatic rings. The van der Waals surface area contributed by atoms with E-state index < -0.39 is 15.6 Å². The van der Waals surface area contributed by atoms with Crippen LogP contribution in [-0.2, 0) is 15.6 Å². The maximum atomic E-state index is 2.44. The van der Waals surface area contributed by atoms with Gasteiger partial charge in [0.15, 0.2) is 0 Å². The number of fused-ring (bicyclic) bond motifs is 1. The van der Waals surface area contributed by atoms with Crippen LogP contribution in [0.1, 0.15) is 29.4 Å². The van der Waals surface area contributed by atoms with Crippen LogP contribution in [0.2, 0.25) is 0 Å².